The average Bonchev–Trinajstić information content (AvgIpc) is 3.20. The number of hydrogen-bond acceptors (Lipinski definition) is 6. The Hall–Kier alpha value is -3.46. The fourth-order valence-corrected chi connectivity index (χ4v) is 3.78. The summed E-state index contributed by atoms with van der Waals surface area (Å²) in [5, 5.41) is 12.6. The molecule has 9 heteroatoms. The summed E-state index contributed by atoms with van der Waals surface area (Å²) in [6.07, 6.45) is 4.31. The summed E-state index contributed by atoms with van der Waals surface area (Å²) in [6, 6.07) is 6.54. The number of nitrogens with one attached hydrogen (secondary N) is 1. The van der Waals surface area contributed by atoms with Gasteiger partial charge < -0.3 is 19.0 Å². The molecule has 1 saturated heterocycles. The number of aryl methyl sites for hydroxylation is 1. The SMILES string of the molecule is Cc1ccc(-c2nc(NC(=O)N3CCCC(O)C3)ncc2-c2ccc(=O)n(C(C)C)c2)o1. The van der Waals surface area contributed by atoms with E-state index in [4.69, 9.17) is 4.42 Å². The van der Waals surface area contributed by atoms with Crippen molar-refractivity contribution in [3.63, 3.8) is 0 Å². The first-order valence-electron chi connectivity index (χ1n) is 10.7. The molecule has 0 saturated carbocycles. The third-order valence-electron chi connectivity index (χ3n) is 5.47. The van der Waals surface area contributed by atoms with E-state index < -0.39 is 6.10 Å². The van der Waals surface area contributed by atoms with Crippen LogP contribution < -0.4 is 10.9 Å². The van der Waals surface area contributed by atoms with Gasteiger partial charge in [-0.05, 0) is 51.8 Å². The monoisotopic (exact) mass is 437 g/mol. The summed E-state index contributed by atoms with van der Waals surface area (Å²) >= 11 is 0. The minimum atomic E-state index is -0.518. The smallest absolute Gasteiger partial charge is 0.324 e. The summed E-state index contributed by atoms with van der Waals surface area (Å²) in [7, 11) is 0. The molecule has 32 heavy (non-hydrogen) atoms. The van der Waals surface area contributed by atoms with Crippen LogP contribution in [-0.4, -0.2) is 49.8 Å². The van der Waals surface area contributed by atoms with Gasteiger partial charge in [-0.2, -0.15) is 0 Å². The van der Waals surface area contributed by atoms with Crippen LogP contribution in [0.1, 0.15) is 38.5 Å². The van der Waals surface area contributed by atoms with Gasteiger partial charge >= 0.3 is 6.03 Å². The van der Waals surface area contributed by atoms with E-state index in [-0.39, 0.29) is 30.1 Å². The van der Waals surface area contributed by atoms with Crippen molar-refractivity contribution in [2.24, 2.45) is 0 Å². The van der Waals surface area contributed by atoms with E-state index in [1.165, 1.54) is 6.07 Å². The number of β-amino-alcohol motifs (C(OH)–C–C–N with tert-alkyl or cyclic N) is 1. The van der Waals surface area contributed by atoms with E-state index in [1.807, 2.05) is 32.9 Å². The lowest BCUT2D eigenvalue weighted by atomic mass is 10.1. The zero-order valence-electron chi connectivity index (χ0n) is 18.4. The fourth-order valence-electron chi connectivity index (χ4n) is 3.78. The zero-order valence-corrected chi connectivity index (χ0v) is 18.4. The highest BCUT2D eigenvalue weighted by atomic mass is 16.3. The highest BCUT2D eigenvalue weighted by Gasteiger charge is 2.23. The molecule has 2 N–H and O–H groups in total. The summed E-state index contributed by atoms with van der Waals surface area (Å²) in [5.41, 5.74) is 1.86. The number of piperidine rings is 1. The van der Waals surface area contributed by atoms with Gasteiger partial charge in [0, 0.05) is 48.7 Å². The minimum absolute atomic E-state index is 0.00358. The Bertz CT molecular complexity index is 1180. The quantitative estimate of drug-likeness (QED) is 0.646. The molecular weight excluding hydrogens is 410 g/mol. The highest BCUT2D eigenvalue weighted by molar-refractivity contribution is 5.88. The molecule has 3 aromatic heterocycles. The first-order valence-corrected chi connectivity index (χ1v) is 10.7. The number of hydrogen-bond donors (Lipinski definition) is 2. The third kappa shape index (κ3) is 4.57. The Morgan fingerprint density at radius 1 is 1.28 bits per heavy atom. The predicted molar refractivity (Wildman–Crippen MR) is 120 cm³/mol. The Balaban J connectivity index is 1.71. The van der Waals surface area contributed by atoms with E-state index in [0.717, 1.165) is 17.7 Å². The van der Waals surface area contributed by atoms with Crippen molar-refractivity contribution in [2.75, 3.05) is 18.4 Å². The maximum Gasteiger partial charge on any atom is 0.324 e. The Labute approximate surface area is 185 Å². The molecular formula is C23H27N5O4. The number of carbonyl (C=O) groups is 1. The maximum atomic E-state index is 12.6. The van der Waals surface area contributed by atoms with Crippen molar-refractivity contribution < 1.29 is 14.3 Å². The van der Waals surface area contributed by atoms with Crippen molar-refractivity contribution in [3.8, 4) is 22.6 Å². The molecule has 1 fully saturated rings. The van der Waals surface area contributed by atoms with Gasteiger partial charge in [-0.25, -0.2) is 14.8 Å². The highest BCUT2D eigenvalue weighted by Crippen LogP contribution is 2.32. The number of aliphatic hydroxyl groups excluding tert-OH is 1. The largest absolute Gasteiger partial charge is 0.460 e. The summed E-state index contributed by atoms with van der Waals surface area (Å²) in [4.78, 5) is 35.3. The van der Waals surface area contributed by atoms with Crippen LogP contribution in [0.2, 0.25) is 0 Å². The molecule has 9 nitrogen and oxygen atoms in total. The molecule has 4 heterocycles. The lowest BCUT2D eigenvalue weighted by molar-refractivity contribution is 0.0883. The van der Waals surface area contributed by atoms with E-state index in [9.17, 15) is 14.7 Å². The van der Waals surface area contributed by atoms with Crippen molar-refractivity contribution in [1.29, 1.82) is 0 Å². The normalized spacial score (nSPS) is 16.4. The van der Waals surface area contributed by atoms with Crippen molar-refractivity contribution in [3.05, 3.63) is 52.8 Å². The van der Waals surface area contributed by atoms with Crippen molar-refractivity contribution in [1.82, 2.24) is 19.4 Å². The van der Waals surface area contributed by atoms with Crippen LogP contribution in [0.15, 0.2) is 45.9 Å². The molecule has 1 aliphatic heterocycles. The van der Waals surface area contributed by atoms with Gasteiger partial charge in [0.15, 0.2) is 5.76 Å². The zero-order chi connectivity index (χ0) is 22.8. The second-order valence-electron chi connectivity index (χ2n) is 8.30. The Kier molecular flexibility index (Phi) is 6.09. The molecule has 4 rings (SSSR count). The van der Waals surface area contributed by atoms with E-state index >= 15 is 0 Å². The number of furan rings is 1. The Morgan fingerprint density at radius 2 is 2.09 bits per heavy atom. The number of nitrogens with zero attached hydrogens (tertiary/aromatic N) is 4. The number of anilines is 1. The van der Waals surface area contributed by atoms with Gasteiger partial charge in [0.25, 0.3) is 5.56 Å². The summed E-state index contributed by atoms with van der Waals surface area (Å²) < 4.78 is 7.45. The second kappa shape index (κ2) is 8.96. The average molecular weight is 438 g/mol. The summed E-state index contributed by atoms with van der Waals surface area (Å²) in [6.45, 7) is 6.57. The van der Waals surface area contributed by atoms with Crippen LogP contribution in [0.5, 0.6) is 0 Å². The molecule has 0 bridgehead atoms. The van der Waals surface area contributed by atoms with Gasteiger partial charge in [-0.15, -0.1) is 0 Å². The minimum Gasteiger partial charge on any atom is -0.460 e. The van der Waals surface area contributed by atoms with Crippen LogP contribution in [0.3, 0.4) is 0 Å². The molecule has 0 aliphatic carbocycles. The summed E-state index contributed by atoms with van der Waals surface area (Å²) in [5.74, 6) is 1.40. The number of pyridine rings is 1. The molecule has 168 valence electrons. The molecule has 0 spiro atoms. The van der Waals surface area contributed by atoms with Crippen LogP contribution in [-0.2, 0) is 0 Å². The number of likely N-dealkylation sites (tertiary alicyclic amines) is 1. The number of carbonyl (C=O) groups excluding carboxylic acids is 1. The van der Waals surface area contributed by atoms with Gasteiger partial charge in [-0.1, -0.05) is 0 Å². The first kappa shape index (κ1) is 21.8. The van der Waals surface area contributed by atoms with Gasteiger partial charge in [0.05, 0.1) is 6.10 Å². The van der Waals surface area contributed by atoms with Crippen molar-refractivity contribution >= 4 is 12.0 Å². The lowest BCUT2D eigenvalue weighted by Gasteiger charge is -2.29. The van der Waals surface area contributed by atoms with Crippen LogP contribution >= 0.6 is 0 Å². The molecule has 1 aliphatic rings. The molecule has 0 radical (unpaired) electrons. The molecule has 3 aromatic rings. The number of amides is 2. The van der Waals surface area contributed by atoms with E-state index in [2.05, 4.69) is 15.3 Å². The molecule has 2 amide bonds. The third-order valence-corrected chi connectivity index (χ3v) is 5.47. The molecule has 1 atom stereocenters. The Morgan fingerprint density at radius 3 is 2.78 bits per heavy atom. The van der Waals surface area contributed by atoms with E-state index in [0.29, 0.717) is 30.0 Å². The topological polar surface area (TPSA) is 113 Å². The molecule has 1 unspecified atom stereocenters. The maximum absolute atomic E-state index is 12.6. The second-order valence-corrected chi connectivity index (χ2v) is 8.30. The van der Waals surface area contributed by atoms with Crippen LogP contribution in [0.25, 0.3) is 22.6 Å². The standard InChI is InChI=1S/C23H27N5O4/c1-14(2)28-12-16(7-9-20(28)30)18-11-24-22(25-21(18)19-8-6-15(3)32-19)26-23(31)27-10-4-5-17(29)13-27/h6-9,11-12,14,17,29H,4-5,10,13H2,1-3H3,(H,24,25,26,31). The number of aliphatic hydroxyl groups is 1. The molecule has 0 aromatic carbocycles. The van der Waals surface area contributed by atoms with Gasteiger partial charge in [-0.3, -0.25) is 10.1 Å². The predicted octanol–water partition coefficient (Wildman–Crippen LogP) is 3.44. The van der Waals surface area contributed by atoms with Crippen molar-refractivity contribution in [2.45, 2.75) is 45.8 Å². The lowest BCUT2D eigenvalue weighted by Crippen LogP contribution is -2.44. The first-order chi connectivity index (χ1) is 15.3. The number of aromatic nitrogens is 3. The van der Waals surface area contributed by atoms with Crippen LogP contribution in [0, 0.1) is 6.92 Å². The van der Waals surface area contributed by atoms with Gasteiger partial charge in [0.2, 0.25) is 5.95 Å². The number of urea groups is 1. The fraction of sp³-hybridized carbons (Fsp3) is 0.391. The van der Waals surface area contributed by atoms with Gasteiger partial charge in [0.1, 0.15) is 11.5 Å². The van der Waals surface area contributed by atoms with E-state index in [1.54, 1.807) is 27.9 Å². The van der Waals surface area contributed by atoms with Crippen LogP contribution in [0.4, 0.5) is 10.7 Å². The number of rotatable bonds is 4.